The van der Waals surface area contributed by atoms with Crippen LogP contribution in [0.3, 0.4) is 0 Å². The van der Waals surface area contributed by atoms with Gasteiger partial charge in [-0.1, -0.05) is 42.5 Å². The minimum atomic E-state index is -3.70. The first-order valence-electron chi connectivity index (χ1n) is 9.30. The molecule has 0 aromatic heterocycles. The largest absolute Gasteiger partial charge is 0.385 e. The highest BCUT2D eigenvalue weighted by atomic mass is 32.2. The van der Waals surface area contributed by atoms with Crippen LogP contribution in [0, 0.1) is 0 Å². The molecule has 3 aromatic rings. The van der Waals surface area contributed by atoms with Crippen LogP contribution in [0.5, 0.6) is 0 Å². The Morgan fingerprint density at radius 2 is 1.41 bits per heavy atom. The molecule has 150 valence electrons. The van der Waals surface area contributed by atoms with E-state index < -0.39 is 10.0 Å². The molecule has 0 aliphatic heterocycles. The summed E-state index contributed by atoms with van der Waals surface area (Å²) in [6.45, 7) is 1.25. The number of anilines is 2. The molecule has 29 heavy (non-hydrogen) atoms. The van der Waals surface area contributed by atoms with Crippen molar-refractivity contribution in [1.82, 2.24) is 5.32 Å². The Morgan fingerprint density at radius 1 is 0.759 bits per heavy atom. The van der Waals surface area contributed by atoms with E-state index in [1.165, 1.54) is 18.2 Å². The maximum absolute atomic E-state index is 12.4. The number of carbonyl (C=O) groups excluding carboxylic acids is 1. The predicted molar refractivity (Wildman–Crippen MR) is 116 cm³/mol. The fourth-order valence-corrected chi connectivity index (χ4v) is 3.79. The van der Waals surface area contributed by atoms with Gasteiger partial charge in [0.15, 0.2) is 0 Å². The molecule has 3 rings (SSSR count). The Hall–Kier alpha value is -3.32. The van der Waals surface area contributed by atoms with Gasteiger partial charge in [-0.25, -0.2) is 8.42 Å². The van der Waals surface area contributed by atoms with Crippen LogP contribution in [0.1, 0.15) is 16.8 Å². The smallest absolute Gasteiger partial charge is 0.261 e. The monoisotopic (exact) mass is 409 g/mol. The molecule has 0 bridgehead atoms. The highest BCUT2D eigenvalue weighted by Crippen LogP contribution is 2.17. The topological polar surface area (TPSA) is 87.3 Å². The van der Waals surface area contributed by atoms with E-state index in [4.69, 9.17) is 0 Å². The standard InChI is InChI=1S/C22H23N3O3S/c26-22(24-16-8-15-23-19-10-3-1-4-11-19)18-9-7-12-20(17-18)25-29(27,28)21-13-5-2-6-14-21/h1-7,9-14,17,23,25H,8,15-16H2,(H,24,26). The fraction of sp³-hybridized carbons (Fsp3) is 0.136. The fourth-order valence-electron chi connectivity index (χ4n) is 2.72. The van der Waals surface area contributed by atoms with Gasteiger partial charge < -0.3 is 10.6 Å². The third kappa shape index (κ3) is 6.08. The molecule has 0 atom stereocenters. The molecule has 0 fully saturated rings. The molecule has 0 spiro atoms. The normalized spacial score (nSPS) is 10.9. The second kappa shape index (κ2) is 9.75. The van der Waals surface area contributed by atoms with E-state index in [1.54, 1.807) is 36.4 Å². The first-order chi connectivity index (χ1) is 14.0. The highest BCUT2D eigenvalue weighted by molar-refractivity contribution is 7.92. The maximum Gasteiger partial charge on any atom is 0.261 e. The number of hydrogen-bond donors (Lipinski definition) is 3. The van der Waals surface area contributed by atoms with Crippen molar-refractivity contribution >= 4 is 27.3 Å². The Bertz CT molecular complexity index is 1040. The number of rotatable bonds is 9. The Morgan fingerprint density at radius 3 is 2.14 bits per heavy atom. The van der Waals surface area contributed by atoms with Crippen LogP contribution in [0.15, 0.2) is 89.8 Å². The van der Waals surface area contributed by atoms with Crippen LogP contribution in [-0.4, -0.2) is 27.4 Å². The SMILES string of the molecule is O=C(NCCCNc1ccccc1)c1cccc(NS(=O)(=O)c2ccccc2)c1. The second-order valence-corrected chi connectivity index (χ2v) is 8.08. The molecule has 3 aromatic carbocycles. The summed E-state index contributed by atoms with van der Waals surface area (Å²) in [5, 5.41) is 6.13. The van der Waals surface area contributed by atoms with Crippen molar-refractivity contribution in [2.75, 3.05) is 23.1 Å². The molecule has 7 heteroatoms. The van der Waals surface area contributed by atoms with Crippen LogP contribution in [0.4, 0.5) is 11.4 Å². The summed E-state index contributed by atoms with van der Waals surface area (Å²) in [5.41, 5.74) is 1.78. The number of sulfonamides is 1. The molecular weight excluding hydrogens is 386 g/mol. The van der Waals surface area contributed by atoms with Gasteiger partial charge in [-0.05, 0) is 48.9 Å². The molecule has 0 unspecified atom stereocenters. The van der Waals surface area contributed by atoms with Crippen LogP contribution < -0.4 is 15.4 Å². The van der Waals surface area contributed by atoms with Gasteiger partial charge in [0, 0.05) is 30.0 Å². The van der Waals surface area contributed by atoms with E-state index in [-0.39, 0.29) is 10.8 Å². The second-order valence-electron chi connectivity index (χ2n) is 6.40. The molecule has 3 N–H and O–H groups in total. The Labute approximate surface area is 171 Å². The summed E-state index contributed by atoms with van der Waals surface area (Å²) in [4.78, 5) is 12.5. The summed E-state index contributed by atoms with van der Waals surface area (Å²) in [5.74, 6) is -0.245. The molecule has 1 amide bonds. The number of benzene rings is 3. The number of para-hydroxylation sites is 1. The lowest BCUT2D eigenvalue weighted by molar-refractivity contribution is 0.0953. The lowest BCUT2D eigenvalue weighted by Crippen LogP contribution is -2.26. The predicted octanol–water partition coefficient (Wildman–Crippen LogP) is 3.72. The molecular formula is C22H23N3O3S. The van der Waals surface area contributed by atoms with Crippen molar-refractivity contribution in [3.8, 4) is 0 Å². The molecule has 0 saturated carbocycles. The minimum absolute atomic E-state index is 0.167. The number of amides is 1. The lowest BCUT2D eigenvalue weighted by atomic mass is 10.2. The van der Waals surface area contributed by atoms with Gasteiger partial charge in [0.05, 0.1) is 4.90 Å². The van der Waals surface area contributed by atoms with Crippen LogP contribution in [0.25, 0.3) is 0 Å². The minimum Gasteiger partial charge on any atom is -0.385 e. The average molecular weight is 410 g/mol. The van der Waals surface area contributed by atoms with E-state index in [0.717, 1.165) is 18.7 Å². The quantitative estimate of drug-likeness (QED) is 0.470. The average Bonchev–Trinajstić information content (AvgIpc) is 2.74. The molecule has 0 aliphatic carbocycles. The third-order valence-corrected chi connectivity index (χ3v) is 5.57. The van der Waals surface area contributed by atoms with Gasteiger partial charge in [0.2, 0.25) is 0 Å². The van der Waals surface area contributed by atoms with Crippen molar-refractivity contribution in [3.63, 3.8) is 0 Å². The van der Waals surface area contributed by atoms with E-state index in [9.17, 15) is 13.2 Å². The Kier molecular flexibility index (Phi) is 6.86. The molecule has 6 nitrogen and oxygen atoms in total. The summed E-state index contributed by atoms with van der Waals surface area (Å²) in [6, 6.07) is 24.4. The molecule has 0 aliphatic rings. The third-order valence-electron chi connectivity index (χ3n) is 4.17. The number of carbonyl (C=O) groups is 1. The van der Waals surface area contributed by atoms with Crippen molar-refractivity contribution < 1.29 is 13.2 Å². The first-order valence-corrected chi connectivity index (χ1v) is 10.8. The number of nitrogens with one attached hydrogen (secondary N) is 3. The molecule has 0 radical (unpaired) electrons. The molecule has 0 heterocycles. The van der Waals surface area contributed by atoms with E-state index in [1.807, 2.05) is 30.3 Å². The first kappa shape index (κ1) is 20.4. The van der Waals surface area contributed by atoms with E-state index in [0.29, 0.717) is 17.8 Å². The van der Waals surface area contributed by atoms with E-state index >= 15 is 0 Å². The lowest BCUT2D eigenvalue weighted by Gasteiger charge is -2.10. The summed E-state index contributed by atoms with van der Waals surface area (Å²) in [6.07, 6.45) is 0.765. The van der Waals surface area contributed by atoms with Crippen molar-refractivity contribution in [2.24, 2.45) is 0 Å². The Balaban J connectivity index is 1.51. The van der Waals surface area contributed by atoms with Gasteiger partial charge in [-0.3, -0.25) is 9.52 Å². The van der Waals surface area contributed by atoms with Crippen molar-refractivity contribution in [1.29, 1.82) is 0 Å². The van der Waals surface area contributed by atoms with Crippen molar-refractivity contribution in [2.45, 2.75) is 11.3 Å². The zero-order valence-electron chi connectivity index (χ0n) is 15.8. The van der Waals surface area contributed by atoms with Gasteiger partial charge in [-0.15, -0.1) is 0 Å². The van der Waals surface area contributed by atoms with Crippen LogP contribution >= 0.6 is 0 Å². The van der Waals surface area contributed by atoms with Gasteiger partial charge in [0.25, 0.3) is 15.9 Å². The van der Waals surface area contributed by atoms with Gasteiger partial charge >= 0.3 is 0 Å². The van der Waals surface area contributed by atoms with Gasteiger partial charge in [0.1, 0.15) is 0 Å². The molecule has 0 saturated heterocycles. The van der Waals surface area contributed by atoms with Crippen LogP contribution in [-0.2, 0) is 10.0 Å². The van der Waals surface area contributed by atoms with Gasteiger partial charge in [-0.2, -0.15) is 0 Å². The van der Waals surface area contributed by atoms with Crippen LogP contribution in [0.2, 0.25) is 0 Å². The number of hydrogen-bond acceptors (Lipinski definition) is 4. The summed E-state index contributed by atoms with van der Waals surface area (Å²) < 4.78 is 27.4. The zero-order valence-corrected chi connectivity index (χ0v) is 16.7. The van der Waals surface area contributed by atoms with Crippen molar-refractivity contribution in [3.05, 3.63) is 90.5 Å². The highest BCUT2D eigenvalue weighted by Gasteiger charge is 2.14. The summed E-state index contributed by atoms with van der Waals surface area (Å²) in [7, 11) is -3.70. The summed E-state index contributed by atoms with van der Waals surface area (Å²) >= 11 is 0. The van der Waals surface area contributed by atoms with E-state index in [2.05, 4.69) is 15.4 Å². The maximum atomic E-state index is 12.4. The zero-order chi connectivity index (χ0) is 20.5.